The van der Waals surface area contributed by atoms with Gasteiger partial charge >= 0.3 is 11.9 Å². The monoisotopic (exact) mass is 463 g/mol. The maximum Gasteiger partial charge on any atom is 0.347 e. The first kappa shape index (κ1) is 28.1. The van der Waals surface area contributed by atoms with Crippen molar-refractivity contribution in [3.63, 3.8) is 0 Å². The van der Waals surface area contributed by atoms with E-state index in [2.05, 4.69) is 31.3 Å². The number of aryl methyl sites for hydroxylation is 1. The highest BCUT2D eigenvalue weighted by molar-refractivity contribution is 7.99. The Morgan fingerprint density at radius 2 is 1.50 bits per heavy atom. The standard InChI is InChI=1S/C26H41NO4S/c1-5-9-11-12-13-14-18-32-24-19-22(17-16-21(24)15-10-6-2)27-20-23(25(28)30-7-3)26(29)31-8-4/h16-17,19-20,27H,5-15,18H2,1-4H3. The van der Waals surface area contributed by atoms with Crippen molar-refractivity contribution in [2.45, 2.75) is 90.4 Å². The zero-order valence-electron chi connectivity index (χ0n) is 20.3. The van der Waals surface area contributed by atoms with E-state index in [0.717, 1.165) is 30.7 Å². The van der Waals surface area contributed by atoms with Crippen LogP contribution in [0.1, 0.15) is 84.6 Å². The summed E-state index contributed by atoms with van der Waals surface area (Å²) in [5.74, 6) is -0.270. The van der Waals surface area contributed by atoms with E-state index in [9.17, 15) is 9.59 Å². The van der Waals surface area contributed by atoms with Crippen LogP contribution >= 0.6 is 11.8 Å². The number of rotatable bonds is 17. The molecule has 0 aromatic heterocycles. The maximum absolute atomic E-state index is 12.2. The van der Waals surface area contributed by atoms with Gasteiger partial charge in [0.15, 0.2) is 5.57 Å². The summed E-state index contributed by atoms with van der Waals surface area (Å²) in [4.78, 5) is 25.6. The Labute approximate surface area is 198 Å². The molecule has 0 radical (unpaired) electrons. The van der Waals surface area contributed by atoms with Crippen molar-refractivity contribution in [1.29, 1.82) is 0 Å². The molecule has 0 saturated carbocycles. The number of thioether (sulfide) groups is 1. The summed E-state index contributed by atoms with van der Waals surface area (Å²) in [6.45, 7) is 8.25. The fourth-order valence-electron chi connectivity index (χ4n) is 3.19. The SMILES string of the molecule is CCCCCCCCSc1cc(NC=C(C(=O)OCC)C(=O)OCC)ccc1CCCC. The first-order chi connectivity index (χ1) is 15.6. The summed E-state index contributed by atoms with van der Waals surface area (Å²) < 4.78 is 9.99. The summed E-state index contributed by atoms with van der Waals surface area (Å²) >= 11 is 1.89. The zero-order chi connectivity index (χ0) is 23.6. The molecule has 0 amide bonds. The number of unbranched alkanes of at least 4 members (excludes halogenated alkanes) is 6. The Morgan fingerprint density at radius 1 is 0.875 bits per heavy atom. The van der Waals surface area contributed by atoms with Crippen molar-refractivity contribution >= 4 is 29.4 Å². The number of carbonyl (C=O) groups is 2. The van der Waals surface area contributed by atoms with Crippen LogP contribution in [0.15, 0.2) is 34.9 Å². The number of hydrogen-bond donors (Lipinski definition) is 1. The lowest BCUT2D eigenvalue weighted by atomic mass is 10.1. The number of nitrogens with one attached hydrogen (secondary N) is 1. The molecule has 0 fully saturated rings. The molecule has 0 aliphatic rings. The summed E-state index contributed by atoms with van der Waals surface area (Å²) in [5.41, 5.74) is 2.06. The fraction of sp³-hybridized carbons (Fsp3) is 0.615. The predicted molar refractivity (Wildman–Crippen MR) is 134 cm³/mol. The Morgan fingerprint density at radius 3 is 2.12 bits per heavy atom. The zero-order valence-corrected chi connectivity index (χ0v) is 21.2. The molecule has 6 heteroatoms. The van der Waals surface area contributed by atoms with Gasteiger partial charge in [-0.2, -0.15) is 0 Å². The molecule has 0 bridgehead atoms. The molecule has 0 saturated heterocycles. The number of ether oxygens (including phenoxy) is 2. The van der Waals surface area contributed by atoms with Gasteiger partial charge in [0.1, 0.15) is 0 Å². The number of carbonyl (C=O) groups excluding carboxylic acids is 2. The molecule has 180 valence electrons. The van der Waals surface area contributed by atoms with Gasteiger partial charge in [-0.25, -0.2) is 9.59 Å². The highest BCUT2D eigenvalue weighted by atomic mass is 32.2. The second-order valence-corrected chi connectivity index (χ2v) is 8.82. The van der Waals surface area contributed by atoms with Crippen molar-refractivity contribution in [2.75, 3.05) is 24.3 Å². The van der Waals surface area contributed by atoms with Crippen LogP contribution in [0, 0.1) is 0 Å². The van der Waals surface area contributed by atoms with Crippen molar-refractivity contribution in [1.82, 2.24) is 0 Å². The third-order valence-electron chi connectivity index (χ3n) is 5.00. The molecule has 1 rings (SSSR count). The van der Waals surface area contributed by atoms with E-state index in [4.69, 9.17) is 9.47 Å². The van der Waals surface area contributed by atoms with Crippen LogP contribution in [0.4, 0.5) is 5.69 Å². The molecule has 0 aliphatic heterocycles. The smallest absolute Gasteiger partial charge is 0.347 e. The van der Waals surface area contributed by atoms with Gasteiger partial charge in [-0.3, -0.25) is 0 Å². The van der Waals surface area contributed by atoms with Gasteiger partial charge < -0.3 is 14.8 Å². The highest BCUT2D eigenvalue weighted by Gasteiger charge is 2.21. The topological polar surface area (TPSA) is 64.6 Å². The van der Waals surface area contributed by atoms with Crippen molar-refractivity contribution in [3.05, 3.63) is 35.5 Å². The Bertz CT molecular complexity index is 698. The summed E-state index contributed by atoms with van der Waals surface area (Å²) in [5, 5.41) is 3.09. The minimum absolute atomic E-state index is 0.134. The number of anilines is 1. The van der Waals surface area contributed by atoms with E-state index in [0.29, 0.717) is 0 Å². The average Bonchev–Trinajstić information content (AvgIpc) is 2.78. The third-order valence-corrected chi connectivity index (χ3v) is 6.18. The molecule has 5 nitrogen and oxygen atoms in total. The molecule has 0 unspecified atom stereocenters. The molecule has 1 aromatic rings. The lowest BCUT2D eigenvalue weighted by Crippen LogP contribution is -2.19. The van der Waals surface area contributed by atoms with E-state index >= 15 is 0 Å². The Balaban J connectivity index is 2.87. The largest absolute Gasteiger partial charge is 0.462 e. The van der Waals surface area contributed by atoms with Gasteiger partial charge in [0.05, 0.1) is 13.2 Å². The average molecular weight is 464 g/mol. The first-order valence-corrected chi connectivity index (χ1v) is 13.1. The minimum Gasteiger partial charge on any atom is -0.462 e. The first-order valence-electron chi connectivity index (χ1n) is 12.1. The number of esters is 2. The molecule has 1 N–H and O–H groups in total. The quantitative estimate of drug-likeness (QED) is 0.0676. The molecule has 0 aliphatic carbocycles. The van der Waals surface area contributed by atoms with E-state index in [1.807, 2.05) is 17.8 Å². The van der Waals surface area contributed by atoms with Crippen LogP contribution in [0.2, 0.25) is 0 Å². The Hall–Kier alpha value is -1.95. The third kappa shape index (κ3) is 11.1. The van der Waals surface area contributed by atoms with Crippen LogP contribution in [-0.2, 0) is 25.5 Å². The van der Waals surface area contributed by atoms with Gasteiger partial charge in [0, 0.05) is 16.8 Å². The minimum atomic E-state index is -0.685. The number of benzene rings is 1. The van der Waals surface area contributed by atoms with E-state index < -0.39 is 11.9 Å². The maximum atomic E-state index is 12.2. The molecule has 0 heterocycles. The van der Waals surface area contributed by atoms with Crippen LogP contribution < -0.4 is 5.32 Å². The summed E-state index contributed by atoms with van der Waals surface area (Å²) in [6, 6.07) is 6.24. The van der Waals surface area contributed by atoms with Gasteiger partial charge in [-0.1, -0.05) is 58.4 Å². The van der Waals surface area contributed by atoms with Gasteiger partial charge in [0.25, 0.3) is 0 Å². The van der Waals surface area contributed by atoms with Crippen LogP contribution in [0.25, 0.3) is 0 Å². The van der Waals surface area contributed by atoms with E-state index in [1.165, 1.54) is 55.2 Å². The summed E-state index contributed by atoms with van der Waals surface area (Å²) in [6.07, 6.45) is 12.5. The second kappa shape index (κ2) is 17.6. The van der Waals surface area contributed by atoms with Gasteiger partial charge in [0.2, 0.25) is 0 Å². The molecule has 0 atom stereocenters. The lowest BCUT2D eigenvalue weighted by Gasteiger charge is -2.12. The van der Waals surface area contributed by atoms with Crippen LogP contribution in [-0.4, -0.2) is 30.9 Å². The normalized spacial score (nSPS) is 10.5. The van der Waals surface area contributed by atoms with E-state index in [-0.39, 0.29) is 18.8 Å². The summed E-state index contributed by atoms with van der Waals surface area (Å²) in [7, 11) is 0. The highest BCUT2D eigenvalue weighted by Crippen LogP contribution is 2.29. The van der Waals surface area contributed by atoms with Crippen LogP contribution in [0.5, 0.6) is 0 Å². The van der Waals surface area contributed by atoms with E-state index in [1.54, 1.807) is 13.8 Å². The van der Waals surface area contributed by atoms with Gasteiger partial charge in [-0.15, -0.1) is 11.8 Å². The fourth-order valence-corrected chi connectivity index (χ4v) is 4.33. The molecule has 32 heavy (non-hydrogen) atoms. The van der Waals surface area contributed by atoms with Crippen molar-refractivity contribution in [3.8, 4) is 0 Å². The second-order valence-electron chi connectivity index (χ2n) is 7.69. The van der Waals surface area contributed by atoms with Crippen LogP contribution in [0.3, 0.4) is 0 Å². The predicted octanol–water partition coefficient (Wildman–Crippen LogP) is 6.90. The van der Waals surface area contributed by atoms with Gasteiger partial charge in [-0.05, 0) is 56.6 Å². The van der Waals surface area contributed by atoms with Crippen molar-refractivity contribution < 1.29 is 19.1 Å². The Kier molecular flexibility index (Phi) is 15.4. The molecule has 0 spiro atoms. The molecular weight excluding hydrogens is 422 g/mol. The number of hydrogen-bond acceptors (Lipinski definition) is 6. The lowest BCUT2D eigenvalue weighted by molar-refractivity contribution is -0.146. The van der Waals surface area contributed by atoms with Crippen molar-refractivity contribution in [2.24, 2.45) is 0 Å². The molecular formula is C26H41NO4S. The molecule has 1 aromatic carbocycles.